The van der Waals surface area contributed by atoms with Crippen molar-refractivity contribution in [2.75, 3.05) is 25.6 Å². The quantitative estimate of drug-likeness (QED) is 0.463. The van der Waals surface area contributed by atoms with Crippen molar-refractivity contribution < 1.29 is 19.1 Å². The van der Waals surface area contributed by atoms with Gasteiger partial charge in [-0.05, 0) is 43.5 Å². The van der Waals surface area contributed by atoms with Crippen LogP contribution in [0.1, 0.15) is 40.0 Å². The predicted molar refractivity (Wildman–Crippen MR) is 126 cm³/mol. The zero-order valence-corrected chi connectivity index (χ0v) is 19.4. The standard InChI is InChI=1S/C23H22Cl2N4O4/c1-33-10-2-7-27-21(30)14-11-16(24)19(17(25)12-14)23(32)29-9-6-15-18(29)5-8-26-20(15)28-22(31)13-3-4-13/h5-6,8-9,11-13H,2-4,7,10H2,1H3,(H,27,30)(H,26,28,31). The summed E-state index contributed by atoms with van der Waals surface area (Å²) < 4.78 is 6.35. The molecule has 8 nitrogen and oxygen atoms in total. The van der Waals surface area contributed by atoms with E-state index >= 15 is 0 Å². The SMILES string of the molecule is COCCCNC(=O)c1cc(Cl)c(C(=O)n2ccc3c(NC(=O)C4CC4)nccc32)c(Cl)c1. The van der Waals surface area contributed by atoms with Crippen molar-refractivity contribution in [3.05, 3.63) is 57.8 Å². The number of aromatic nitrogens is 2. The number of pyridine rings is 1. The summed E-state index contributed by atoms with van der Waals surface area (Å²) >= 11 is 12.8. The molecule has 1 aliphatic carbocycles. The minimum atomic E-state index is -0.460. The summed E-state index contributed by atoms with van der Waals surface area (Å²) in [6.07, 6.45) is 5.51. The monoisotopic (exact) mass is 488 g/mol. The predicted octanol–water partition coefficient (Wildman–Crippen LogP) is 4.15. The van der Waals surface area contributed by atoms with E-state index in [1.807, 2.05) is 0 Å². The second-order valence-corrected chi connectivity index (χ2v) is 8.58. The van der Waals surface area contributed by atoms with Crippen molar-refractivity contribution in [2.24, 2.45) is 5.92 Å². The Balaban J connectivity index is 1.59. The highest BCUT2D eigenvalue weighted by Crippen LogP contribution is 2.32. The van der Waals surface area contributed by atoms with E-state index in [-0.39, 0.29) is 38.9 Å². The lowest BCUT2D eigenvalue weighted by atomic mass is 10.1. The molecule has 172 valence electrons. The molecule has 2 N–H and O–H groups in total. The third-order valence-electron chi connectivity index (χ3n) is 5.35. The summed E-state index contributed by atoms with van der Waals surface area (Å²) in [4.78, 5) is 42.1. The first kappa shape index (κ1) is 23.2. The number of hydrogen-bond donors (Lipinski definition) is 2. The van der Waals surface area contributed by atoms with Crippen molar-refractivity contribution in [1.82, 2.24) is 14.9 Å². The van der Waals surface area contributed by atoms with Crippen molar-refractivity contribution in [2.45, 2.75) is 19.3 Å². The van der Waals surface area contributed by atoms with Crippen molar-refractivity contribution in [1.29, 1.82) is 0 Å². The molecule has 4 rings (SSSR count). The molecule has 2 aromatic heterocycles. The van der Waals surface area contributed by atoms with Gasteiger partial charge in [-0.2, -0.15) is 0 Å². The third kappa shape index (κ3) is 5.03. The van der Waals surface area contributed by atoms with E-state index in [1.54, 1.807) is 25.4 Å². The lowest BCUT2D eigenvalue weighted by Gasteiger charge is -2.11. The largest absolute Gasteiger partial charge is 0.385 e. The number of anilines is 1. The lowest BCUT2D eigenvalue weighted by Crippen LogP contribution is -2.25. The number of benzene rings is 1. The number of nitrogens with one attached hydrogen (secondary N) is 2. The van der Waals surface area contributed by atoms with E-state index < -0.39 is 5.91 Å². The molecule has 0 bridgehead atoms. The van der Waals surface area contributed by atoms with Gasteiger partial charge in [-0.15, -0.1) is 0 Å². The molecule has 1 aliphatic rings. The Bertz CT molecular complexity index is 1210. The number of nitrogens with zero attached hydrogens (tertiary/aromatic N) is 2. The van der Waals surface area contributed by atoms with Gasteiger partial charge >= 0.3 is 0 Å². The molecule has 0 aliphatic heterocycles. The highest BCUT2D eigenvalue weighted by atomic mass is 35.5. The van der Waals surface area contributed by atoms with Crippen LogP contribution in [0, 0.1) is 5.92 Å². The molecule has 0 spiro atoms. The molecule has 0 radical (unpaired) electrons. The summed E-state index contributed by atoms with van der Waals surface area (Å²) in [5, 5.41) is 6.33. The molecular formula is C23H22Cl2N4O4. The molecule has 0 unspecified atom stereocenters. The van der Waals surface area contributed by atoms with Crippen LogP contribution in [-0.4, -0.2) is 47.5 Å². The van der Waals surface area contributed by atoms with Gasteiger partial charge in [0.25, 0.3) is 11.8 Å². The summed E-state index contributed by atoms with van der Waals surface area (Å²) in [5.74, 6) is -0.455. The molecule has 0 atom stereocenters. The topological polar surface area (TPSA) is 102 Å². The highest BCUT2D eigenvalue weighted by molar-refractivity contribution is 6.40. The third-order valence-corrected chi connectivity index (χ3v) is 5.95. The maximum absolute atomic E-state index is 13.3. The number of amides is 2. The fourth-order valence-corrected chi connectivity index (χ4v) is 4.11. The van der Waals surface area contributed by atoms with Crippen LogP contribution >= 0.6 is 23.2 Å². The number of hydrogen-bond acceptors (Lipinski definition) is 5. The van der Waals surface area contributed by atoms with E-state index in [1.165, 1.54) is 22.9 Å². The molecule has 1 saturated carbocycles. The number of fused-ring (bicyclic) bond motifs is 1. The number of carbonyl (C=O) groups is 3. The summed E-state index contributed by atoms with van der Waals surface area (Å²) in [6.45, 7) is 0.965. The van der Waals surface area contributed by atoms with E-state index in [0.29, 0.717) is 36.3 Å². The summed E-state index contributed by atoms with van der Waals surface area (Å²) in [5.41, 5.74) is 0.881. The summed E-state index contributed by atoms with van der Waals surface area (Å²) in [7, 11) is 1.59. The minimum absolute atomic E-state index is 0.0269. The maximum atomic E-state index is 13.3. The van der Waals surface area contributed by atoms with Crippen molar-refractivity contribution in [3.8, 4) is 0 Å². The molecule has 0 saturated heterocycles. The first-order chi connectivity index (χ1) is 15.9. The molecule has 2 heterocycles. The molecule has 10 heteroatoms. The Hall–Kier alpha value is -2.94. The Morgan fingerprint density at radius 1 is 1.18 bits per heavy atom. The number of carbonyl (C=O) groups excluding carboxylic acids is 3. The number of methoxy groups -OCH3 is 1. The molecule has 1 aromatic carbocycles. The highest BCUT2D eigenvalue weighted by Gasteiger charge is 2.30. The fraction of sp³-hybridized carbons (Fsp3) is 0.304. The number of halogens is 2. The van der Waals surface area contributed by atoms with E-state index in [4.69, 9.17) is 27.9 Å². The van der Waals surface area contributed by atoms with Gasteiger partial charge in [0, 0.05) is 49.5 Å². The van der Waals surface area contributed by atoms with Gasteiger partial charge in [0.05, 0.1) is 21.1 Å². The van der Waals surface area contributed by atoms with Crippen molar-refractivity contribution in [3.63, 3.8) is 0 Å². The van der Waals surface area contributed by atoms with Gasteiger partial charge in [-0.3, -0.25) is 19.0 Å². The number of ether oxygens (including phenoxy) is 1. The van der Waals surface area contributed by atoms with E-state index in [2.05, 4.69) is 15.6 Å². The average Bonchev–Trinajstić information content (AvgIpc) is 3.55. The van der Waals surface area contributed by atoms with Gasteiger partial charge in [-0.25, -0.2) is 4.98 Å². The van der Waals surface area contributed by atoms with Crippen LogP contribution in [-0.2, 0) is 9.53 Å². The smallest absolute Gasteiger partial charge is 0.265 e. The number of rotatable bonds is 8. The van der Waals surface area contributed by atoms with Crippen LogP contribution in [0.2, 0.25) is 10.0 Å². The molecule has 3 aromatic rings. The Morgan fingerprint density at radius 2 is 1.91 bits per heavy atom. The second kappa shape index (κ2) is 9.91. The van der Waals surface area contributed by atoms with Crippen LogP contribution in [0.4, 0.5) is 5.82 Å². The van der Waals surface area contributed by atoms with Crippen LogP contribution < -0.4 is 10.6 Å². The van der Waals surface area contributed by atoms with E-state index in [9.17, 15) is 14.4 Å². The van der Waals surface area contributed by atoms with Crippen LogP contribution in [0.25, 0.3) is 10.9 Å². The zero-order valence-electron chi connectivity index (χ0n) is 17.9. The molecule has 2 amide bonds. The fourth-order valence-electron chi connectivity index (χ4n) is 3.46. The van der Waals surface area contributed by atoms with Gasteiger partial charge in [0.15, 0.2) is 0 Å². The molecular weight excluding hydrogens is 467 g/mol. The summed E-state index contributed by atoms with van der Waals surface area (Å²) in [6, 6.07) is 6.21. The normalized spacial score (nSPS) is 13.2. The average molecular weight is 489 g/mol. The first-order valence-electron chi connectivity index (χ1n) is 10.5. The second-order valence-electron chi connectivity index (χ2n) is 7.76. The Morgan fingerprint density at radius 3 is 2.58 bits per heavy atom. The molecule has 1 fully saturated rings. The minimum Gasteiger partial charge on any atom is -0.385 e. The van der Waals surface area contributed by atoms with Crippen LogP contribution in [0.3, 0.4) is 0 Å². The Labute approximate surface area is 200 Å². The van der Waals surface area contributed by atoms with E-state index in [0.717, 1.165) is 12.8 Å². The lowest BCUT2D eigenvalue weighted by molar-refractivity contribution is -0.117. The van der Waals surface area contributed by atoms with Crippen LogP contribution in [0.5, 0.6) is 0 Å². The van der Waals surface area contributed by atoms with Crippen LogP contribution in [0.15, 0.2) is 36.7 Å². The zero-order chi connectivity index (χ0) is 23.5. The Kier molecular flexibility index (Phi) is 6.97. The van der Waals surface area contributed by atoms with Gasteiger partial charge < -0.3 is 15.4 Å². The first-order valence-corrected chi connectivity index (χ1v) is 11.2. The van der Waals surface area contributed by atoms with Gasteiger partial charge in [0.2, 0.25) is 5.91 Å². The van der Waals surface area contributed by atoms with Crippen molar-refractivity contribution >= 4 is 57.6 Å². The maximum Gasteiger partial charge on any atom is 0.265 e. The van der Waals surface area contributed by atoms with Gasteiger partial charge in [0.1, 0.15) is 5.82 Å². The van der Waals surface area contributed by atoms with Gasteiger partial charge in [-0.1, -0.05) is 23.2 Å². The molecule has 33 heavy (non-hydrogen) atoms.